The fourth-order valence-electron chi connectivity index (χ4n) is 4.87. The minimum Gasteiger partial charge on any atom is -0.357 e. The fraction of sp³-hybridized carbons (Fsp3) is 0.318. The van der Waals surface area contributed by atoms with Crippen LogP contribution in [0.5, 0.6) is 0 Å². The molecular formula is C22H23N5O3. The number of piperidine rings is 1. The van der Waals surface area contributed by atoms with E-state index in [1.807, 2.05) is 21.6 Å². The maximum Gasteiger partial charge on any atom is 0.270 e. The molecule has 3 aromatic heterocycles. The highest BCUT2D eigenvalue weighted by atomic mass is 16.2. The summed E-state index contributed by atoms with van der Waals surface area (Å²) < 4.78 is 1.82. The molecule has 2 aliphatic rings. The molecule has 3 N–H and O–H groups in total. The Kier molecular flexibility index (Phi) is 4.54. The topological polar surface area (TPSA) is 103 Å². The molecule has 154 valence electrons. The van der Waals surface area contributed by atoms with Crippen LogP contribution in [0.15, 0.2) is 59.7 Å². The lowest BCUT2D eigenvalue weighted by Crippen LogP contribution is -2.53. The van der Waals surface area contributed by atoms with Crippen LogP contribution >= 0.6 is 0 Å². The van der Waals surface area contributed by atoms with Crippen LogP contribution in [0.25, 0.3) is 0 Å². The molecule has 0 aliphatic carbocycles. The van der Waals surface area contributed by atoms with Gasteiger partial charge in [-0.3, -0.25) is 14.4 Å². The zero-order valence-corrected chi connectivity index (χ0v) is 16.4. The first-order valence-electron chi connectivity index (χ1n) is 10.2. The fourth-order valence-corrected chi connectivity index (χ4v) is 4.87. The van der Waals surface area contributed by atoms with E-state index in [1.54, 1.807) is 42.7 Å². The van der Waals surface area contributed by atoms with E-state index in [1.165, 1.54) is 0 Å². The lowest BCUT2D eigenvalue weighted by molar-refractivity contribution is 0.0518. The molecule has 3 atom stereocenters. The van der Waals surface area contributed by atoms with Gasteiger partial charge in [0, 0.05) is 49.7 Å². The van der Waals surface area contributed by atoms with E-state index in [0.717, 1.165) is 12.1 Å². The van der Waals surface area contributed by atoms with Gasteiger partial charge in [0.05, 0.1) is 6.04 Å². The van der Waals surface area contributed by atoms with Crippen molar-refractivity contribution in [1.29, 1.82) is 0 Å². The normalized spacial score (nSPS) is 22.4. The number of amides is 2. The largest absolute Gasteiger partial charge is 0.357 e. The highest BCUT2D eigenvalue weighted by Gasteiger charge is 2.42. The first kappa shape index (κ1) is 18.5. The maximum absolute atomic E-state index is 13.0. The van der Waals surface area contributed by atoms with Gasteiger partial charge in [0.1, 0.15) is 11.4 Å². The summed E-state index contributed by atoms with van der Waals surface area (Å²) in [5.41, 5.74) is 1.92. The van der Waals surface area contributed by atoms with E-state index in [2.05, 4.69) is 15.3 Å². The third-order valence-corrected chi connectivity index (χ3v) is 6.23. The molecular weight excluding hydrogens is 382 g/mol. The minimum absolute atomic E-state index is 0.0319. The number of rotatable bonds is 4. The number of nitrogens with zero attached hydrogens (tertiary/aromatic N) is 2. The predicted molar refractivity (Wildman–Crippen MR) is 110 cm³/mol. The molecule has 0 aromatic carbocycles. The van der Waals surface area contributed by atoms with Crippen LogP contribution in [0.3, 0.4) is 0 Å². The second-order valence-electron chi connectivity index (χ2n) is 8.01. The molecule has 0 saturated carbocycles. The Morgan fingerprint density at radius 3 is 2.50 bits per heavy atom. The Morgan fingerprint density at radius 1 is 1.00 bits per heavy atom. The number of H-pyrrole nitrogens is 2. The molecule has 2 amide bonds. The van der Waals surface area contributed by atoms with Gasteiger partial charge in [0.25, 0.3) is 17.4 Å². The molecule has 8 heteroatoms. The summed E-state index contributed by atoms with van der Waals surface area (Å²) in [6.07, 6.45) is 4.33. The lowest BCUT2D eigenvalue weighted by atomic mass is 9.78. The Morgan fingerprint density at radius 2 is 1.77 bits per heavy atom. The van der Waals surface area contributed by atoms with Crippen LogP contribution in [0.4, 0.5) is 0 Å². The zero-order chi connectivity index (χ0) is 20.7. The van der Waals surface area contributed by atoms with Crippen LogP contribution in [0, 0.1) is 5.92 Å². The van der Waals surface area contributed by atoms with Gasteiger partial charge in [-0.2, -0.15) is 0 Å². The molecule has 2 bridgehead atoms. The van der Waals surface area contributed by atoms with Crippen molar-refractivity contribution < 1.29 is 9.59 Å². The zero-order valence-electron chi connectivity index (χ0n) is 16.4. The molecule has 1 fully saturated rings. The number of aromatic nitrogens is 3. The van der Waals surface area contributed by atoms with Gasteiger partial charge < -0.3 is 24.8 Å². The van der Waals surface area contributed by atoms with E-state index in [4.69, 9.17) is 0 Å². The predicted octanol–water partition coefficient (Wildman–Crippen LogP) is 1.74. The van der Waals surface area contributed by atoms with Crippen LogP contribution in [-0.2, 0) is 0 Å². The summed E-state index contributed by atoms with van der Waals surface area (Å²) >= 11 is 0. The summed E-state index contributed by atoms with van der Waals surface area (Å²) in [6, 6.07) is 12.2. The van der Waals surface area contributed by atoms with Crippen molar-refractivity contribution in [2.75, 3.05) is 19.6 Å². The minimum atomic E-state index is -0.206. The lowest BCUT2D eigenvalue weighted by Gasteiger charge is -2.46. The molecule has 0 spiro atoms. The third kappa shape index (κ3) is 3.14. The Labute approximate surface area is 172 Å². The number of aromatic amines is 2. The highest BCUT2D eigenvalue weighted by Crippen LogP contribution is 2.41. The van der Waals surface area contributed by atoms with Gasteiger partial charge in [-0.15, -0.1) is 0 Å². The Hall–Kier alpha value is -3.55. The van der Waals surface area contributed by atoms with E-state index in [-0.39, 0.29) is 35.3 Å². The standard InChI is InChI=1S/C22H23N5O3/c28-20-7-1-6-18-14-10-15(13-26(12-14)22(30)17-5-3-9-24-17)19(27(18)20)11-25-21(29)16-4-2-8-23-16/h1-9,14-15,19,23-24H,10-13H2,(H,25,29)/t14-,15+,19+/m1/s1. The molecule has 1 saturated heterocycles. The number of pyridine rings is 1. The number of likely N-dealkylation sites (tertiary alicyclic amines) is 1. The highest BCUT2D eigenvalue weighted by molar-refractivity contribution is 5.93. The number of carbonyl (C=O) groups excluding carboxylic acids is 2. The van der Waals surface area contributed by atoms with Crippen LogP contribution in [0.2, 0.25) is 0 Å². The third-order valence-electron chi connectivity index (χ3n) is 6.23. The van der Waals surface area contributed by atoms with Crippen molar-refractivity contribution in [1.82, 2.24) is 24.8 Å². The first-order valence-corrected chi connectivity index (χ1v) is 10.2. The number of nitrogens with one attached hydrogen (secondary N) is 3. The van der Waals surface area contributed by atoms with E-state index >= 15 is 0 Å². The van der Waals surface area contributed by atoms with E-state index in [9.17, 15) is 14.4 Å². The molecule has 8 nitrogen and oxygen atoms in total. The second kappa shape index (κ2) is 7.37. The number of fused-ring (bicyclic) bond motifs is 4. The van der Waals surface area contributed by atoms with Gasteiger partial charge in [0.2, 0.25) is 0 Å². The first-order chi connectivity index (χ1) is 14.6. The van der Waals surface area contributed by atoms with E-state index in [0.29, 0.717) is 31.0 Å². The maximum atomic E-state index is 13.0. The van der Waals surface area contributed by atoms with Crippen molar-refractivity contribution in [2.24, 2.45) is 5.92 Å². The average molecular weight is 405 g/mol. The summed E-state index contributed by atoms with van der Waals surface area (Å²) in [5, 5.41) is 2.96. The quantitative estimate of drug-likeness (QED) is 0.616. The molecule has 0 unspecified atom stereocenters. The van der Waals surface area contributed by atoms with Crippen molar-refractivity contribution in [2.45, 2.75) is 18.4 Å². The Balaban J connectivity index is 1.44. The van der Waals surface area contributed by atoms with Crippen molar-refractivity contribution >= 4 is 11.8 Å². The van der Waals surface area contributed by atoms with Gasteiger partial charge in [-0.1, -0.05) is 6.07 Å². The van der Waals surface area contributed by atoms with Gasteiger partial charge in [-0.25, -0.2) is 0 Å². The Bertz CT molecular complexity index is 1120. The number of carbonyl (C=O) groups is 2. The van der Waals surface area contributed by atoms with Crippen LogP contribution in [0.1, 0.15) is 45.1 Å². The second-order valence-corrected chi connectivity index (χ2v) is 8.01. The van der Waals surface area contributed by atoms with Crippen molar-refractivity contribution in [3.05, 3.63) is 82.3 Å². The molecule has 5 rings (SSSR count). The summed E-state index contributed by atoms with van der Waals surface area (Å²) in [5.74, 6) is -0.0514. The van der Waals surface area contributed by atoms with Crippen molar-refractivity contribution in [3.63, 3.8) is 0 Å². The SMILES string of the molecule is O=C(NC[C@H]1[C@H]2C[C@H](CN(C(=O)c3ccc[nH]3)C2)c2cccc(=O)n21)c1ccc[nH]1. The summed E-state index contributed by atoms with van der Waals surface area (Å²) in [4.78, 5) is 45.9. The van der Waals surface area contributed by atoms with Gasteiger partial charge in [-0.05, 0) is 42.7 Å². The van der Waals surface area contributed by atoms with E-state index < -0.39 is 0 Å². The molecule has 2 aliphatic heterocycles. The molecule has 3 aromatic rings. The monoisotopic (exact) mass is 405 g/mol. The number of hydrogen-bond acceptors (Lipinski definition) is 3. The molecule has 5 heterocycles. The van der Waals surface area contributed by atoms with Crippen LogP contribution in [-0.4, -0.2) is 50.9 Å². The average Bonchev–Trinajstić information content (AvgIpc) is 3.47. The van der Waals surface area contributed by atoms with Crippen LogP contribution < -0.4 is 10.9 Å². The van der Waals surface area contributed by atoms with Gasteiger partial charge in [0.15, 0.2) is 0 Å². The number of hydrogen-bond donors (Lipinski definition) is 3. The molecule has 30 heavy (non-hydrogen) atoms. The van der Waals surface area contributed by atoms with Gasteiger partial charge >= 0.3 is 0 Å². The van der Waals surface area contributed by atoms with Crippen molar-refractivity contribution in [3.8, 4) is 0 Å². The smallest absolute Gasteiger partial charge is 0.270 e. The summed E-state index contributed by atoms with van der Waals surface area (Å²) in [7, 11) is 0. The molecule has 0 radical (unpaired) electrons. The summed E-state index contributed by atoms with van der Waals surface area (Å²) in [6.45, 7) is 1.47.